The van der Waals surface area contributed by atoms with Crippen LogP contribution in [-0.4, -0.2) is 17.3 Å². The van der Waals surface area contributed by atoms with E-state index in [1.165, 1.54) is 12.1 Å². The first-order valence-corrected chi connectivity index (χ1v) is 7.50. The molecule has 0 bridgehead atoms. The molecular weight excluding hydrogens is 273 g/mol. The lowest BCUT2D eigenvalue weighted by molar-refractivity contribution is 0.605. The van der Waals surface area contributed by atoms with Crippen molar-refractivity contribution in [3.63, 3.8) is 0 Å². The van der Waals surface area contributed by atoms with Crippen molar-refractivity contribution in [2.75, 3.05) is 18.0 Å². The number of aromatic nitrogens is 1. The zero-order valence-electron chi connectivity index (χ0n) is 11.3. The average Bonchev–Trinajstić information content (AvgIpc) is 2.46. The Morgan fingerprint density at radius 2 is 2.05 bits per heavy atom. The van der Waals surface area contributed by atoms with Crippen molar-refractivity contribution in [1.29, 1.82) is 0 Å². The van der Waals surface area contributed by atoms with Gasteiger partial charge in [0.2, 0.25) is 0 Å². The van der Waals surface area contributed by atoms with Crippen molar-refractivity contribution in [2.24, 2.45) is 0 Å². The fraction of sp³-hybridized carbons (Fsp3) is 0.267. The molecule has 0 amide bonds. The maximum atomic E-state index is 12.9. The van der Waals surface area contributed by atoms with Gasteiger partial charge in [0.1, 0.15) is 5.82 Å². The topological polar surface area (TPSA) is 50.9 Å². The van der Waals surface area contributed by atoms with Gasteiger partial charge in [-0.2, -0.15) is 0 Å². The monoisotopic (exact) mass is 291 g/mol. The number of nitrogen functional groups attached to an aromatic ring is 1. The number of thioether (sulfide) groups is 1. The van der Waals surface area contributed by atoms with Crippen LogP contribution in [-0.2, 0) is 0 Å². The van der Waals surface area contributed by atoms with Crippen molar-refractivity contribution in [1.82, 2.24) is 10.3 Å². The van der Waals surface area contributed by atoms with Gasteiger partial charge in [0.25, 0.3) is 0 Å². The zero-order chi connectivity index (χ0) is 14.4. The third kappa shape index (κ3) is 3.95. The summed E-state index contributed by atoms with van der Waals surface area (Å²) < 4.78 is 12.9. The van der Waals surface area contributed by atoms with Crippen LogP contribution in [0.25, 0.3) is 0 Å². The smallest absolute Gasteiger partial charge is 0.123 e. The Hall–Kier alpha value is -1.59. The molecule has 5 heteroatoms. The summed E-state index contributed by atoms with van der Waals surface area (Å²) in [6.07, 6.45) is 3.49. The number of hydrogen-bond donors (Lipinski definition) is 2. The molecule has 0 aliphatic carbocycles. The number of nitrogens with one attached hydrogen (secondary N) is 1. The van der Waals surface area contributed by atoms with E-state index in [0.717, 1.165) is 28.4 Å². The molecule has 0 radical (unpaired) electrons. The second kappa shape index (κ2) is 7.26. The zero-order valence-corrected chi connectivity index (χ0v) is 12.2. The van der Waals surface area contributed by atoms with E-state index in [1.54, 1.807) is 36.3 Å². The molecule has 0 fully saturated rings. The first-order valence-electron chi connectivity index (χ1n) is 6.52. The minimum Gasteiger partial charge on any atom is -0.398 e. The van der Waals surface area contributed by atoms with E-state index in [2.05, 4.69) is 17.2 Å². The Kier molecular flexibility index (Phi) is 5.38. The van der Waals surface area contributed by atoms with Crippen LogP contribution in [0, 0.1) is 5.82 Å². The molecule has 0 aliphatic heterocycles. The third-order valence-corrected chi connectivity index (χ3v) is 4.05. The Morgan fingerprint density at radius 1 is 1.30 bits per heavy atom. The van der Waals surface area contributed by atoms with Gasteiger partial charge in [-0.3, -0.25) is 4.98 Å². The van der Waals surface area contributed by atoms with Crippen molar-refractivity contribution in [3.05, 3.63) is 54.1 Å². The van der Waals surface area contributed by atoms with Crippen LogP contribution in [0.1, 0.15) is 18.5 Å². The molecule has 1 heterocycles. The number of benzene rings is 1. The highest BCUT2D eigenvalue weighted by Crippen LogP contribution is 2.27. The molecule has 2 rings (SSSR count). The van der Waals surface area contributed by atoms with Crippen LogP contribution >= 0.6 is 11.8 Å². The lowest BCUT2D eigenvalue weighted by Crippen LogP contribution is -2.24. The fourth-order valence-electron chi connectivity index (χ4n) is 1.92. The highest BCUT2D eigenvalue weighted by Gasteiger charge is 2.13. The molecule has 1 atom stereocenters. The second-order valence-electron chi connectivity index (χ2n) is 4.38. The molecule has 0 saturated heterocycles. The molecule has 106 valence electrons. The fourth-order valence-corrected chi connectivity index (χ4v) is 2.91. The van der Waals surface area contributed by atoms with Crippen molar-refractivity contribution in [3.8, 4) is 0 Å². The summed E-state index contributed by atoms with van der Waals surface area (Å²) in [7, 11) is 0. The van der Waals surface area contributed by atoms with Gasteiger partial charge in [0.15, 0.2) is 0 Å². The first kappa shape index (κ1) is 14.8. The van der Waals surface area contributed by atoms with E-state index in [-0.39, 0.29) is 11.9 Å². The summed E-state index contributed by atoms with van der Waals surface area (Å²) in [6.45, 7) is 2.91. The number of halogens is 1. The van der Waals surface area contributed by atoms with E-state index in [1.807, 2.05) is 6.07 Å². The molecule has 3 N–H and O–H groups in total. The summed E-state index contributed by atoms with van der Waals surface area (Å²) in [6, 6.07) is 8.46. The number of nitrogens with zero attached hydrogens (tertiary/aromatic N) is 1. The molecule has 0 aliphatic rings. The molecule has 2 aromatic rings. The minimum absolute atomic E-state index is 0.128. The van der Waals surface area contributed by atoms with Crippen LogP contribution in [0.4, 0.5) is 10.1 Å². The van der Waals surface area contributed by atoms with Gasteiger partial charge in [0, 0.05) is 40.3 Å². The van der Waals surface area contributed by atoms with Crippen molar-refractivity contribution < 1.29 is 4.39 Å². The minimum atomic E-state index is -0.214. The Balaban J connectivity index is 2.06. The quantitative estimate of drug-likeness (QED) is 0.802. The summed E-state index contributed by atoms with van der Waals surface area (Å²) in [4.78, 5) is 5.18. The number of rotatable bonds is 6. The SMILES string of the molecule is CCNC(CSc1ccc(F)cc1)c1cnccc1N. The van der Waals surface area contributed by atoms with Gasteiger partial charge in [-0.05, 0) is 36.9 Å². The first-order chi connectivity index (χ1) is 9.70. The highest BCUT2D eigenvalue weighted by molar-refractivity contribution is 7.99. The molecule has 3 nitrogen and oxygen atoms in total. The van der Waals surface area contributed by atoms with Gasteiger partial charge < -0.3 is 11.1 Å². The van der Waals surface area contributed by atoms with Crippen LogP contribution < -0.4 is 11.1 Å². The van der Waals surface area contributed by atoms with Crippen LogP contribution in [0.15, 0.2) is 47.6 Å². The van der Waals surface area contributed by atoms with Gasteiger partial charge >= 0.3 is 0 Å². The standard InChI is InChI=1S/C15H18FN3S/c1-2-19-15(13-9-18-8-7-14(13)17)10-20-12-5-3-11(16)4-6-12/h3-9,15,19H,2,10H2,1H3,(H2,17,18). The molecule has 0 saturated carbocycles. The van der Waals surface area contributed by atoms with E-state index >= 15 is 0 Å². The predicted molar refractivity (Wildman–Crippen MR) is 82.2 cm³/mol. The summed E-state index contributed by atoms with van der Waals surface area (Å²) in [5, 5.41) is 3.41. The Labute approximate surface area is 122 Å². The highest BCUT2D eigenvalue weighted by atomic mass is 32.2. The number of hydrogen-bond acceptors (Lipinski definition) is 4. The molecule has 1 unspecified atom stereocenters. The summed E-state index contributed by atoms with van der Waals surface area (Å²) >= 11 is 1.67. The Bertz CT molecular complexity index is 545. The summed E-state index contributed by atoms with van der Waals surface area (Å²) in [5.74, 6) is 0.601. The molecule has 1 aromatic heterocycles. The lowest BCUT2D eigenvalue weighted by atomic mass is 10.1. The van der Waals surface area contributed by atoms with Crippen molar-refractivity contribution >= 4 is 17.4 Å². The lowest BCUT2D eigenvalue weighted by Gasteiger charge is -2.19. The average molecular weight is 291 g/mol. The van der Waals surface area contributed by atoms with E-state index < -0.39 is 0 Å². The molecule has 0 spiro atoms. The van der Waals surface area contributed by atoms with Gasteiger partial charge in [-0.25, -0.2) is 4.39 Å². The van der Waals surface area contributed by atoms with E-state index in [4.69, 9.17) is 5.73 Å². The maximum Gasteiger partial charge on any atom is 0.123 e. The normalized spacial score (nSPS) is 12.3. The predicted octanol–water partition coefficient (Wildman–Crippen LogP) is 3.25. The van der Waals surface area contributed by atoms with Crippen LogP contribution in [0.3, 0.4) is 0 Å². The largest absolute Gasteiger partial charge is 0.398 e. The molecule has 20 heavy (non-hydrogen) atoms. The maximum absolute atomic E-state index is 12.9. The second-order valence-corrected chi connectivity index (χ2v) is 5.47. The molecular formula is C15H18FN3S. The van der Waals surface area contributed by atoms with Gasteiger partial charge in [0.05, 0.1) is 0 Å². The van der Waals surface area contributed by atoms with Crippen molar-refractivity contribution in [2.45, 2.75) is 17.9 Å². The number of pyridine rings is 1. The number of anilines is 1. The number of nitrogens with two attached hydrogens (primary N) is 1. The van der Waals surface area contributed by atoms with E-state index in [0.29, 0.717) is 0 Å². The Morgan fingerprint density at radius 3 is 2.70 bits per heavy atom. The van der Waals surface area contributed by atoms with E-state index in [9.17, 15) is 4.39 Å². The summed E-state index contributed by atoms with van der Waals surface area (Å²) in [5.41, 5.74) is 7.75. The molecule has 1 aromatic carbocycles. The van der Waals surface area contributed by atoms with Gasteiger partial charge in [-0.15, -0.1) is 11.8 Å². The van der Waals surface area contributed by atoms with Crippen LogP contribution in [0.2, 0.25) is 0 Å². The van der Waals surface area contributed by atoms with Crippen LogP contribution in [0.5, 0.6) is 0 Å². The van der Waals surface area contributed by atoms with Gasteiger partial charge in [-0.1, -0.05) is 6.92 Å². The third-order valence-electron chi connectivity index (χ3n) is 2.94.